The van der Waals surface area contributed by atoms with E-state index in [0.29, 0.717) is 0 Å². The summed E-state index contributed by atoms with van der Waals surface area (Å²) in [6.45, 7) is 12.5. The molecule has 3 rings (SSSR count). The molecule has 0 aliphatic carbocycles. The molecule has 3 saturated heterocycles. The molecule has 0 radical (unpaired) electrons. The van der Waals surface area contributed by atoms with Gasteiger partial charge in [-0.25, -0.2) is 0 Å². The topological polar surface area (TPSA) is 39.8 Å². The largest absolute Gasteiger partial charge is 0.379 e. The number of ether oxygens (including phenoxy) is 1. The van der Waals surface area contributed by atoms with E-state index in [1.807, 2.05) is 0 Å². The molecule has 2 unspecified atom stereocenters. The van der Waals surface area contributed by atoms with Crippen molar-refractivity contribution in [3.63, 3.8) is 0 Å². The van der Waals surface area contributed by atoms with E-state index in [2.05, 4.69) is 20.4 Å². The third kappa shape index (κ3) is 3.92. The highest BCUT2D eigenvalue weighted by molar-refractivity contribution is 4.89. The van der Waals surface area contributed by atoms with Gasteiger partial charge in [0.2, 0.25) is 0 Å². The van der Waals surface area contributed by atoms with Gasteiger partial charge in [0.05, 0.1) is 13.2 Å². The number of nitrogens with one attached hydrogen (secondary N) is 2. The van der Waals surface area contributed by atoms with Gasteiger partial charge in [0.25, 0.3) is 0 Å². The summed E-state index contributed by atoms with van der Waals surface area (Å²) < 4.78 is 5.48. The molecule has 116 valence electrons. The van der Waals surface area contributed by atoms with Crippen molar-refractivity contribution in [1.29, 1.82) is 0 Å². The molecule has 3 aliphatic rings. The third-order valence-corrected chi connectivity index (χ3v) is 5.03. The molecule has 0 spiro atoms. The van der Waals surface area contributed by atoms with Gasteiger partial charge in [0, 0.05) is 45.3 Å². The van der Waals surface area contributed by atoms with E-state index >= 15 is 0 Å². The van der Waals surface area contributed by atoms with Gasteiger partial charge < -0.3 is 15.4 Å². The van der Waals surface area contributed by atoms with E-state index in [4.69, 9.17) is 4.74 Å². The van der Waals surface area contributed by atoms with E-state index < -0.39 is 0 Å². The van der Waals surface area contributed by atoms with E-state index in [-0.39, 0.29) is 0 Å². The fraction of sp³-hybridized carbons (Fsp3) is 1.00. The highest BCUT2D eigenvalue weighted by Gasteiger charge is 2.31. The van der Waals surface area contributed by atoms with Gasteiger partial charge in [-0.15, -0.1) is 0 Å². The van der Waals surface area contributed by atoms with Crippen LogP contribution in [0.4, 0.5) is 0 Å². The van der Waals surface area contributed by atoms with Crippen LogP contribution in [-0.4, -0.2) is 88.0 Å². The molecule has 2 atom stereocenters. The van der Waals surface area contributed by atoms with E-state index in [1.165, 1.54) is 52.1 Å². The molecule has 5 heteroatoms. The smallest absolute Gasteiger partial charge is 0.0594 e. The summed E-state index contributed by atoms with van der Waals surface area (Å²) >= 11 is 0. The minimum Gasteiger partial charge on any atom is -0.379 e. The van der Waals surface area contributed by atoms with Crippen LogP contribution in [-0.2, 0) is 4.74 Å². The predicted octanol–water partition coefficient (Wildman–Crippen LogP) is -0.408. The summed E-state index contributed by atoms with van der Waals surface area (Å²) in [4.78, 5) is 5.35. The lowest BCUT2D eigenvalue weighted by molar-refractivity contribution is 0.0152. The number of nitrogens with zero attached hydrogens (tertiary/aromatic N) is 2. The Morgan fingerprint density at radius 1 is 0.950 bits per heavy atom. The van der Waals surface area contributed by atoms with E-state index in [1.54, 1.807) is 0 Å². The molecule has 0 aromatic heterocycles. The molecule has 0 aromatic carbocycles. The Morgan fingerprint density at radius 2 is 1.85 bits per heavy atom. The maximum atomic E-state index is 5.48. The van der Waals surface area contributed by atoms with Gasteiger partial charge in [-0.3, -0.25) is 9.80 Å². The number of hydrogen-bond donors (Lipinski definition) is 2. The van der Waals surface area contributed by atoms with Crippen LogP contribution in [0.5, 0.6) is 0 Å². The summed E-state index contributed by atoms with van der Waals surface area (Å²) in [5.74, 6) is 0.826. The van der Waals surface area contributed by atoms with Crippen LogP contribution in [0, 0.1) is 5.92 Å². The highest BCUT2D eigenvalue weighted by Crippen LogP contribution is 2.21. The Kier molecular flexibility index (Phi) is 5.67. The molecule has 0 amide bonds. The van der Waals surface area contributed by atoms with Crippen molar-refractivity contribution in [2.45, 2.75) is 18.9 Å². The molecule has 2 N–H and O–H groups in total. The lowest BCUT2D eigenvalue weighted by Gasteiger charge is -2.42. The fourth-order valence-electron chi connectivity index (χ4n) is 3.85. The van der Waals surface area contributed by atoms with Gasteiger partial charge >= 0.3 is 0 Å². The summed E-state index contributed by atoms with van der Waals surface area (Å²) in [5.41, 5.74) is 0. The van der Waals surface area contributed by atoms with E-state index in [9.17, 15) is 0 Å². The van der Waals surface area contributed by atoms with Crippen molar-refractivity contribution in [3.05, 3.63) is 0 Å². The maximum Gasteiger partial charge on any atom is 0.0594 e. The van der Waals surface area contributed by atoms with Gasteiger partial charge in [0.1, 0.15) is 0 Å². The Bertz CT molecular complexity index is 275. The molecule has 3 aliphatic heterocycles. The minimum atomic E-state index is 0.728. The Hall–Kier alpha value is -0.200. The average Bonchev–Trinajstić information content (AvgIpc) is 2.78. The second kappa shape index (κ2) is 7.71. The first-order valence-electron chi connectivity index (χ1n) is 8.39. The molecule has 3 heterocycles. The lowest BCUT2D eigenvalue weighted by Crippen LogP contribution is -2.55. The molecule has 0 saturated carbocycles. The Balaban J connectivity index is 1.57. The number of piperidine rings is 1. The highest BCUT2D eigenvalue weighted by atomic mass is 16.5. The molecule has 0 aromatic rings. The predicted molar refractivity (Wildman–Crippen MR) is 81.1 cm³/mol. The number of morpholine rings is 1. The van der Waals surface area contributed by atoms with Crippen LogP contribution in [0.15, 0.2) is 0 Å². The van der Waals surface area contributed by atoms with Gasteiger partial charge in [-0.1, -0.05) is 0 Å². The Labute approximate surface area is 123 Å². The fourth-order valence-corrected chi connectivity index (χ4v) is 3.85. The zero-order chi connectivity index (χ0) is 13.6. The minimum absolute atomic E-state index is 0.728. The van der Waals surface area contributed by atoms with E-state index in [0.717, 1.165) is 44.8 Å². The first-order chi connectivity index (χ1) is 9.93. The van der Waals surface area contributed by atoms with Crippen LogP contribution < -0.4 is 10.6 Å². The van der Waals surface area contributed by atoms with Crippen LogP contribution in [0.25, 0.3) is 0 Å². The van der Waals surface area contributed by atoms with Crippen molar-refractivity contribution < 1.29 is 4.74 Å². The monoisotopic (exact) mass is 282 g/mol. The summed E-state index contributed by atoms with van der Waals surface area (Å²) in [6.07, 6.45) is 2.62. The van der Waals surface area contributed by atoms with Crippen molar-refractivity contribution in [1.82, 2.24) is 20.4 Å². The van der Waals surface area contributed by atoms with Crippen LogP contribution in [0.2, 0.25) is 0 Å². The molecular formula is C15H30N4O. The van der Waals surface area contributed by atoms with Gasteiger partial charge in [-0.05, 0) is 38.4 Å². The van der Waals surface area contributed by atoms with Crippen molar-refractivity contribution in [3.8, 4) is 0 Å². The first kappa shape index (κ1) is 14.7. The first-order valence-corrected chi connectivity index (χ1v) is 8.39. The number of rotatable bonds is 3. The average molecular weight is 282 g/mol. The quantitative estimate of drug-likeness (QED) is 0.737. The standard InChI is InChI=1S/C15H30N4O/c1-3-16-5-7-19(6-1)15-12-17-4-2-14(15)13-18-8-10-20-11-9-18/h14-17H,1-13H2. The Morgan fingerprint density at radius 3 is 2.75 bits per heavy atom. The summed E-state index contributed by atoms with van der Waals surface area (Å²) in [6, 6.07) is 0.728. The second-order valence-electron chi connectivity index (χ2n) is 6.37. The zero-order valence-electron chi connectivity index (χ0n) is 12.6. The zero-order valence-corrected chi connectivity index (χ0v) is 12.6. The molecule has 3 fully saturated rings. The molecular weight excluding hydrogens is 252 g/mol. The normalized spacial score (nSPS) is 34.8. The third-order valence-electron chi connectivity index (χ3n) is 5.03. The second-order valence-corrected chi connectivity index (χ2v) is 6.37. The SMILES string of the molecule is C1CNCCN(C2CNCCC2CN2CCOCC2)C1. The van der Waals surface area contributed by atoms with Crippen LogP contribution in [0.1, 0.15) is 12.8 Å². The molecule has 5 nitrogen and oxygen atoms in total. The van der Waals surface area contributed by atoms with Crippen LogP contribution in [0.3, 0.4) is 0 Å². The molecule has 20 heavy (non-hydrogen) atoms. The number of hydrogen-bond acceptors (Lipinski definition) is 5. The summed E-state index contributed by atoms with van der Waals surface area (Å²) in [7, 11) is 0. The van der Waals surface area contributed by atoms with Crippen molar-refractivity contribution in [2.24, 2.45) is 5.92 Å². The van der Waals surface area contributed by atoms with Crippen molar-refractivity contribution >= 4 is 0 Å². The van der Waals surface area contributed by atoms with Crippen molar-refractivity contribution in [2.75, 3.05) is 72.1 Å². The van der Waals surface area contributed by atoms with Gasteiger partial charge in [0.15, 0.2) is 0 Å². The maximum absolute atomic E-state index is 5.48. The summed E-state index contributed by atoms with van der Waals surface area (Å²) in [5, 5.41) is 7.14. The molecule has 0 bridgehead atoms. The van der Waals surface area contributed by atoms with Gasteiger partial charge in [-0.2, -0.15) is 0 Å². The lowest BCUT2D eigenvalue weighted by atomic mass is 9.90. The van der Waals surface area contributed by atoms with Crippen LogP contribution >= 0.6 is 0 Å².